The van der Waals surface area contributed by atoms with E-state index in [0.717, 1.165) is 38.8 Å². The third-order valence-electron chi connectivity index (χ3n) is 7.39. The Labute approximate surface area is 234 Å². The zero-order chi connectivity index (χ0) is 27.7. The topological polar surface area (TPSA) is 85.3 Å². The molecule has 1 aliphatic heterocycles. The molecule has 0 aromatic heterocycles. The van der Waals surface area contributed by atoms with Crippen LogP contribution in [0.4, 0.5) is 0 Å². The Morgan fingerprint density at radius 3 is 1.74 bits per heavy atom. The first-order chi connectivity index (χ1) is 18.4. The lowest BCUT2D eigenvalue weighted by molar-refractivity contribution is -0.151. The van der Waals surface area contributed by atoms with Gasteiger partial charge in [-0.3, -0.25) is 9.36 Å². The Morgan fingerprint density at radius 1 is 0.789 bits per heavy atom. The number of unbranched alkanes of at least 4 members (excludes halogenated alkanes) is 16. The van der Waals surface area contributed by atoms with Gasteiger partial charge in [-0.2, -0.15) is 0 Å². The largest absolute Gasteiger partial charge is 0.458 e. The van der Waals surface area contributed by atoms with Crippen LogP contribution in [-0.4, -0.2) is 67.5 Å². The number of hydrogen-bond acceptors (Lipinski definition) is 6. The second-order valence-corrected chi connectivity index (χ2v) is 13.1. The number of rotatable bonds is 27. The molecule has 8 heteroatoms. The Morgan fingerprint density at radius 2 is 1.26 bits per heavy atom. The van der Waals surface area contributed by atoms with Crippen LogP contribution in [0.15, 0.2) is 0 Å². The summed E-state index contributed by atoms with van der Waals surface area (Å²) in [5.74, 6) is -0.440. The molecule has 2 atom stereocenters. The van der Waals surface area contributed by atoms with E-state index in [1.807, 2.05) is 0 Å². The summed E-state index contributed by atoms with van der Waals surface area (Å²) in [6.07, 6.45) is 24.4. The lowest BCUT2D eigenvalue weighted by Gasteiger charge is -2.21. The number of nitrogens with zero attached hydrogens (tertiary/aromatic N) is 1. The van der Waals surface area contributed by atoms with Crippen LogP contribution in [0.2, 0.25) is 0 Å². The van der Waals surface area contributed by atoms with Crippen molar-refractivity contribution < 1.29 is 28.3 Å². The fourth-order valence-electron chi connectivity index (χ4n) is 5.03. The molecular weight excluding hydrogens is 501 g/mol. The fraction of sp³-hybridized carbons (Fsp3) is 0.967. The number of carbonyl (C=O) groups is 1. The Balaban J connectivity index is 1.94. The van der Waals surface area contributed by atoms with Gasteiger partial charge < -0.3 is 23.8 Å². The lowest BCUT2D eigenvalue weighted by atomic mass is 10.0. The first-order valence-corrected chi connectivity index (χ1v) is 17.6. The first-order valence-electron chi connectivity index (χ1n) is 15.9. The molecule has 2 unspecified atom stereocenters. The molecule has 0 saturated carbocycles. The van der Waals surface area contributed by atoms with Gasteiger partial charge in [-0.05, 0) is 32.4 Å². The summed E-state index contributed by atoms with van der Waals surface area (Å²) in [4.78, 5) is 23.7. The summed E-state index contributed by atoms with van der Waals surface area (Å²) in [5, 5.41) is 0. The van der Waals surface area contributed by atoms with Gasteiger partial charge in [0, 0.05) is 20.1 Å². The third kappa shape index (κ3) is 22.4. The van der Waals surface area contributed by atoms with Crippen molar-refractivity contribution in [1.82, 2.24) is 4.90 Å². The quantitative estimate of drug-likeness (QED) is 0.0620. The maximum absolute atomic E-state index is 12.3. The highest BCUT2D eigenvalue weighted by Crippen LogP contribution is 2.41. The van der Waals surface area contributed by atoms with Crippen molar-refractivity contribution in [2.24, 2.45) is 0 Å². The van der Waals surface area contributed by atoms with Gasteiger partial charge in [0.2, 0.25) is 0 Å². The predicted molar refractivity (Wildman–Crippen MR) is 157 cm³/mol. The van der Waals surface area contributed by atoms with E-state index in [2.05, 4.69) is 11.8 Å². The predicted octanol–water partition coefficient (Wildman–Crippen LogP) is 7.88. The molecule has 0 aromatic carbocycles. The highest BCUT2D eigenvalue weighted by Gasteiger charge is 2.25. The second kappa shape index (κ2) is 24.3. The van der Waals surface area contributed by atoms with Gasteiger partial charge in [-0.25, -0.2) is 0 Å². The molecule has 1 N–H and O–H groups in total. The van der Waals surface area contributed by atoms with E-state index in [-0.39, 0.29) is 19.4 Å². The van der Waals surface area contributed by atoms with Crippen molar-refractivity contribution in [1.29, 1.82) is 0 Å². The molecule has 0 aromatic rings. The van der Waals surface area contributed by atoms with E-state index in [1.165, 1.54) is 103 Å². The van der Waals surface area contributed by atoms with Gasteiger partial charge in [-0.15, -0.1) is 0 Å². The van der Waals surface area contributed by atoms with Gasteiger partial charge >= 0.3 is 13.6 Å². The molecule has 1 rings (SSSR count). The molecule has 0 radical (unpaired) electrons. The monoisotopic (exact) mass is 561 g/mol. The molecular formula is C30H60NO6P. The zero-order valence-corrected chi connectivity index (χ0v) is 25.7. The number of carbonyl (C=O) groups excluding carboxylic acids is 1. The maximum atomic E-state index is 12.3. The minimum Gasteiger partial charge on any atom is -0.458 e. The first kappa shape index (κ1) is 35.6. The molecule has 0 spiro atoms. The number of esters is 1. The van der Waals surface area contributed by atoms with Crippen LogP contribution in [0.3, 0.4) is 0 Å². The lowest BCUT2D eigenvalue weighted by Crippen LogP contribution is -2.28. The highest BCUT2D eigenvalue weighted by molar-refractivity contribution is 7.52. The third-order valence-corrected chi connectivity index (χ3v) is 8.71. The van der Waals surface area contributed by atoms with Crippen molar-refractivity contribution in [3.8, 4) is 0 Å². The van der Waals surface area contributed by atoms with Crippen LogP contribution >= 0.6 is 7.60 Å². The van der Waals surface area contributed by atoms with Crippen molar-refractivity contribution >= 4 is 13.6 Å². The summed E-state index contributed by atoms with van der Waals surface area (Å²) in [5.41, 5.74) is 0. The molecule has 1 fully saturated rings. The van der Waals surface area contributed by atoms with E-state index in [9.17, 15) is 14.3 Å². The summed E-state index contributed by atoms with van der Waals surface area (Å²) < 4.78 is 28.5. The van der Waals surface area contributed by atoms with Crippen molar-refractivity contribution in [2.75, 3.05) is 45.6 Å². The van der Waals surface area contributed by atoms with Gasteiger partial charge in [-0.1, -0.05) is 110 Å². The zero-order valence-electron chi connectivity index (χ0n) is 24.8. The highest BCUT2D eigenvalue weighted by atomic mass is 31.2. The molecule has 226 valence electrons. The van der Waals surface area contributed by atoms with Crippen molar-refractivity contribution in [2.45, 2.75) is 142 Å². The van der Waals surface area contributed by atoms with E-state index in [4.69, 9.17) is 14.0 Å². The number of hydrogen-bond donors (Lipinski definition) is 1. The fourth-order valence-corrected chi connectivity index (χ4v) is 6.10. The average Bonchev–Trinajstić information content (AvgIpc) is 3.41. The minimum atomic E-state index is -3.71. The normalized spacial score (nSPS) is 16.5. The second-order valence-electron chi connectivity index (χ2n) is 11.2. The number of ether oxygens (including phenoxy) is 2. The molecule has 1 saturated heterocycles. The van der Waals surface area contributed by atoms with Crippen LogP contribution < -0.4 is 0 Å². The summed E-state index contributed by atoms with van der Waals surface area (Å²) in [6, 6.07) is 0. The summed E-state index contributed by atoms with van der Waals surface area (Å²) >= 11 is 0. The van der Waals surface area contributed by atoms with Crippen LogP contribution in [0.5, 0.6) is 0 Å². The van der Waals surface area contributed by atoms with Crippen molar-refractivity contribution in [3.63, 3.8) is 0 Å². The van der Waals surface area contributed by atoms with Crippen LogP contribution in [0.25, 0.3) is 0 Å². The standard InChI is InChI=1S/C30H60NO6P/c1-3-4-5-6-7-8-9-10-11-12-13-14-15-16-17-18-21-25-35-27-30(37-29(2)32)28-36-38(33,34)26-24-31-22-19-20-23-31/h30H,3-28H2,1-2H3,(H,33,34). The van der Waals surface area contributed by atoms with Gasteiger partial charge in [0.25, 0.3) is 0 Å². The van der Waals surface area contributed by atoms with Crippen LogP contribution in [0, 0.1) is 0 Å². The molecule has 0 bridgehead atoms. The maximum Gasteiger partial charge on any atom is 0.329 e. The van der Waals surface area contributed by atoms with Gasteiger partial charge in [0.15, 0.2) is 0 Å². The molecule has 38 heavy (non-hydrogen) atoms. The van der Waals surface area contributed by atoms with Gasteiger partial charge in [0.05, 0.1) is 19.4 Å². The average molecular weight is 562 g/mol. The molecule has 1 heterocycles. The van der Waals surface area contributed by atoms with Crippen molar-refractivity contribution in [3.05, 3.63) is 0 Å². The smallest absolute Gasteiger partial charge is 0.329 e. The SMILES string of the molecule is CCCCCCCCCCCCCCCCCCCOCC(COP(=O)(O)CCN1CCCC1)OC(C)=O. The minimum absolute atomic E-state index is 0.0971. The van der Waals surface area contributed by atoms with E-state index < -0.39 is 19.7 Å². The Hall–Kier alpha value is -0.460. The Kier molecular flexibility index (Phi) is 22.8. The molecule has 0 amide bonds. The van der Waals surface area contributed by atoms with E-state index in [1.54, 1.807) is 0 Å². The van der Waals surface area contributed by atoms with Crippen LogP contribution in [-0.2, 0) is 23.4 Å². The van der Waals surface area contributed by atoms with Gasteiger partial charge in [0.1, 0.15) is 6.10 Å². The number of likely N-dealkylation sites (tertiary alicyclic amines) is 1. The van der Waals surface area contributed by atoms with E-state index >= 15 is 0 Å². The molecule has 1 aliphatic rings. The summed E-state index contributed by atoms with van der Waals surface area (Å²) in [6.45, 7) is 6.78. The molecule has 0 aliphatic carbocycles. The molecule has 7 nitrogen and oxygen atoms in total. The summed E-state index contributed by atoms with van der Waals surface area (Å²) in [7, 11) is -3.71. The Bertz CT molecular complexity index is 599. The van der Waals surface area contributed by atoms with Crippen LogP contribution in [0.1, 0.15) is 136 Å². The van der Waals surface area contributed by atoms with E-state index in [0.29, 0.717) is 13.2 Å².